The molecule has 0 saturated carbocycles. The minimum atomic E-state index is -0.709. The zero-order chi connectivity index (χ0) is 19.0. The number of aliphatic imine (C=N–C) groups is 1. The van der Waals surface area contributed by atoms with Crippen molar-refractivity contribution in [3.05, 3.63) is 29.8 Å². The van der Waals surface area contributed by atoms with Gasteiger partial charge in [0, 0.05) is 38.3 Å². The quantitative estimate of drug-likeness (QED) is 0.262. The van der Waals surface area contributed by atoms with E-state index in [1.807, 2.05) is 0 Å². The van der Waals surface area contributed by atoms with Gasteiger partial charge in [0.1, 0.15) is 12.4 Å². The van der Waals surface area contributed by atoms with Gasteiger partial charge in [-0.2, -0.15) is 0 Å². The molecule has 1 aromatic carbocycles. The van der Waals surface area contributed by atoms with Crippen molar-refractivity contribution in [1.29, 1.82) is 0 Å². The maximum atomic E-state index is 13.5. The molecule has 6 nitrogen and oxygen atoms in total. The molecule has 0 bridgehead atoms. The molecule has 27 heavy (non-hydrogen) atoms. The van der Waals surface area contributed by atoms with E-state index in [0.717, 1.165) is 38.9 Å². The van der Waals surface area contributed by atoms with Crippen LogP contribution < -0.4 is 15.4 Å². The Morgan fingerprint density at radius 3 is 2.59 bits per heavy atom. The van der Waals surface area contributed by atoms with Crippen molar-refractivity contribution in [1.82, 2.24) is 15.5 Å². The van der Waals surface area contributed by atoms with E-state index >= 15 is 0 Å². The van der Waals surface area contributed by atoms with Crippen molar-refractivity contribution < 1.29 is 18.3 Å². The summed E-state index contributed by atoms with van der Waals surface area (Å²) in [4.78, 5) is 6.57. The van der Waals surface area contributed by atoms with E-state index < -0.39 is 11.6 Å². The van der Waals surface area contributed by atoms with Gasteiger partial charge >= 0.3 is 0 Å². The molecule has 1 aliphatic heterocycles. The number of benzene rings is 1. The zero-order valence-electron chi connectivity index (χ0n) is 16.1. The third kappa shape index (κ3) is 7.74. The number of halogens is 3. The molecule has 2 N–H and O–H groups in total. The summed E-state index contributed by atoms with van der Waals surface area (Å²) in [5.41, 5.74) is -0.0326. The second-order valence-corrected chi connectivity index (χ2v) is 6.69. The molecule has 154 valence electrons. The molecule has 0 amide bonds. The smallest absolute Gasteiger partial charge is 0.191 e. The minimum Gasteiger partial charge on any atom is -0.489 e. The average Bonchev–Trinajstić information content (AvgIpc) is 2.63. The number of hydrogen-bond donors (Lipinski definition) is 2. The van der Waals surface area contributed by atoms with E-state index in [1.54, 1.807) is 7.05 Å². The number of hydrogen-bond acceptors (Lipinski definition) is 4. The highest BCUT2D eigenvalue weighted by molar-refractivity contribution is 14.0. The lowest BCUT2D eigenvalue weighted by Crippen LogP contribution is -2.56. The first-order valence-corrected chi connectivity index (χ1v) is 8.77. The largest absolute Gasteiger partial charge is 0.489 e. The highest BCUT2D eigenvalue weighted by atomic mass is 127. The van der Waals surface area contributed by atoms with Crippen LogP contribution in [0.3, 0.4) is 0 Å². The predicted octanol–water partition coefficient (Wildman–Crippen LogP) is 2.24. The van der Waals surface area contributed by atoms with E-state index in [9.17, 15) is 8.78 Å². The molecule has 9 heteroatoms. The first-order chi connectivity index (χ1) is 12.4. The second-order valence-electron chi connectivity index (χ2n) is 6.69. The predicted molar refractivity (Wildman–Crippen MR) is 113 cm³/mol. The van der Waals surface area contributed by atoms with E-state index in [2.05, 4.69) is 34.4 Å². The van der Waals surface area contributed by atoms with Crippen molar-refractivity contribution in [3.8, 4) is 5.75 Å². The Labute approximate surface area is 176 Å². The Morgan fingerprint density at radius 2 is 1.96 bits per heavy atom. The van der Waals surface area contributed by atoms with Gasteiger partial charge in [0.2, 0.25) is 0 Å². The highest BCUT2D eigenvalue weighted by Crippen LogP contribution is 2.17. The molecule has 1 aromatic rings. The summed E-state index contributed by atoms with van der Waals surface area (Å²) < 4.78 is 37.1. The van der Waals surface area contributed by atoms with E-state index in [0.29, 0.717) is 12.5 Å². The molecule has 1 saturated heterocycles. The Morgan fingerprint density at radius 1 is 1.26 bits per heavy atom. The number of ether oxygens (including phenoxy) is 2. The second kappa shape index (κ2) is 11.6. The molecule has 1 aliphatic rings. The monoisotopic (exact) mass is 498 g/mol. The third-order valence-electron chi connectivity index (χ3n) is 4.33. The first kappa shape index (κ1) is 23.8. The molecule has 1 fully saturated rings. The SMILES string of the molecule is CN=C(NCCOc1ccc(F)cc1F)NCC(C)(C)N1CCOCC1.I. The zero-order valence-corrected chi connectivity index (χ0v) is 18.4. The Hall–Kier alpha value is -1.20. The number of nitrogens with one attached hydrogen (secondary N) is 2. The fourth-order valence-corrected chi connectivity index (χ4v) is 2.72. The summed E-state index contributed by atoms with van der Waals surface area (Å²) in [7, 11) is 1.69. The van der Waals surface area contributed by atoms with Crippen LogP contribution in [0.2, 0.25) is 0 Å². The van der Waals surface area contributed by atoms with Crippen LogP contribution in [0, 0.1) is 11.6 Å². The molecule has 0 atom stereocenters. The van der Waals surface area contributed by atoms with Gasteiger partial charge in [-0.1, -0.05) is 0 Å². The molecule has 2 rings (SSSR count). The number of morpholine rings is 1. The van der Waals surface area contributed by atoms with Crippen LogP contribution in [0.5, 0.6) is 5.75 Å². The van der Waals surface area contributed by atoms with Gasteiger partial charge in [-0.15, -0.1) is 24.0 Å². The Kier molecular flexibility index (Phi) is 10.2. The van der Waals surface area contributed by atoms with Crippen LogP contribution in [0.25, 0.3) is 0 Å². The molecular weight excluding hydrogens is 469 g/mol. The summed E-state index contributed by atoms with van der Waals surface area (Å²) in [6.07, 6.45) is 0. The van der Waals surface area contributed by atoms with E-state index in [4.69, 9.17) is 9.47 Å². The standard InChI is InChI=1S/C18H28F2N4O2.HI/c1-18(2,24-7-10-25-11-8-24)13-23-17(21-3)22-6-9-26-16-5-4-14(19)12-15(16)20;/h4-5,12H,6-11,13H2,1-3H3,(H2,21,22,23);1H. The number of nitrogens with zero attached hydrogens (tertiary/aromatic N) is 2. The van der Waals surface area contributed by atoms with Crippen LogP contribution in [-0.4, -0.2) is 69.4 Å². The van der Waals surface area contributed by atoms with Crippen molar-refractivity contribution >= 4 is 29.9 Å². The summed E-state index contributed by atoms with van der Waals surface area (Å²) in [5, 5.41) is 6.42. The van der Waals surface area contributed by atoms with Gasteiger partial charge in [-0.3, -0.25) is 9.89 Å². The number of rotatable bonds is 7. The molecule has 0 aliphatic carbocycles. The first-order valence-electron chi connectivity index (χ1n) is 8.77. The summed E-state index contributed by atoms with van der Waals surface area (Å²) in [6.45, 7) is 9.10. The van der Waals surface area contributed by atoms with Crippen molar-refractivity contribution in [2.24, 2.45) is 4.99 Å². The summed E-state index contributed by atoms with van der Waals surface area (Å²) in [5.74, 6) is -0.653. The van der Waals surface area contributed by atoms with Gasteiger partial charge < -0.3 is 20.1 Å². The van der Waals surface area contributed by atoms with Gasteiger partial charge in [0.15, 0.2) is 17.5 Å². The van der Waals surface area contributed by atoms with Crippen LogP contribution in [0.4, 0.5) is 8.78 Å². The fourth-order valence-electron chi connectivity index (χ4n) is 2.72. The average molecular weight is 498 g/mol. The Balaban J connectivity index is 0.00000364. The summed E-state index contributed by atoms with van der Waals surface area (Å²) in [6, 6.07) is 3.25. The van der Waals surface area contributed by atoms with Crippen LogP contribution in [0.15, 0.2) is 23.2 Å². The Bertz CT molecular complexity index is 611. The fraction of sp³-hybridized carbons (Fsp3) is 0.611. The topological polar surface area (TPSA) is 58.1 Å². The molecule has 0 unspecified atom stereocenters. The van der Waals surface area contributed by atoms with E-state index in [-0.39, 0.29) is 41.9 Å². The normalized spacial score (nSPS) is 15.8. The van der Waals surface area contributed by atoms with Crippen molar-refractivity contribution in [2.75, 3.05) is 53.0 Å². The van der Waals surface area contributed by atoms with Crippen molar-refractivity contribution in [2.45, 2.75) is 19.4 Å². The minimum absolute atomic E-state index is 0. The van der Waals surface area contributed by atoms with E-state index in [1.165, 1.54) is 12.1 Å². The van der Waals surface area contributed by atoms with Gasteiger partial charge in [-0.05, 0) is 26.0 Å². The molecule has 0 spiro atoms. The van der Waals surface area contributed by atoms with Gasteiger partial charge in [0.05, 0.1) is 19.8 Å². The van der Waals surface area contributed by atoms with Crippen LogP contribution in [0.1, 0.15) is 13.8 Å². The number of guanidine groups is 1. The molecule has 0 radical (unpaired) electrons. The molecule has 1 heterocycles. The molecule has 0 aromatic heterocycles. The highest BCUT2D eigenvalue weighted by Gasteiger charge is 2.28. The lowest BCUT2D eigenvalue weighted by atomic mass is 10.0. The summed E-state index contributed by atoms with van der Waals surface area (Å²) >= 11 is 0. The van der Waals surface area contributed by atoms with Crippen LogP contribution >= 0.6 is 24.0 Å². The lowest BCUT2D eigenvalue weighted by molar-refractivity contribution is -0.00834. The van der Waals surface area contributed by atoms with Gasteiger partial charge in [-0.25, -0.2) is 8.78 Å². The van der Waals surface area contributed by atoms with Gasteiger partial charge in [0.25, 0.3) is 0 Å². The lowest BCUT2D eigenvalue weighted by Gasteiger charge is -2.41. The maximum Gasteiger partial charge on any atom is 0.191 e. The van der Waals surface area contributed by atoms with Crippen molar-refractivity contribution in [3.63, 3.8) is 0 Å². The molecular formula is C18H29F2IN4O2. The third-order valence-corrected chi connectivity index (χ3v) is 4.33. The maximum absolute atomic E-state index is 13.5. The van der Waals surface area contributed by atoms with Crippen LogP contribution in [-0.2, 0) is 4.74 Å².